The number of nitrogens with zero attached hydrogens (tertiary/aromatic N) is 1. The number of benzene rings is 1. The number of hydrogen-bond acceptors (Lipinski definition) is 2. The summed E-state index contributed by atoms with van der Waals surface area (Å²) in [6, 6.07) is 8.03. The summed E-state index contributed by atoms with van der Waals surface area (Å²) in [4.78, 5) is 16.0. The SMILES string of the molecule is O=C(c1ccc(Cl)nc1)c1c(Cl)cccc1Cl. The van der Waals surface area contributed by atoms with Crippen molar-refractivity contribution in [3.05, 3.63) is 62.9 Å². The lowest BCUT2D eigenvalue weighted by molar-refractivity contribution is 0.103. The molecule has 86 valence electrons. The molecule has 2 aromatic rings. The molecule has 0 radical (unpaired) electrons. The van der Waals surface area contributed by atoms with Crippen LogP contribution in [0.3, 0.4) is 0 Å². The highest BCUT2D eigenvalue weighted by Crippen LogP contribution is 2.26. The summed E-state index contributed by atoms with van der Waals surface area (Å²) in [5, 5.41) is 0.960. The van der Waals surface area contributed by atoms with E-state index in [0.29, 0.717) is 20.8 Å². The summed E-state index contributed by atoms with van der Waals surface area (Å²) in [6.07, 6.45) is 1.39. The van der Waals surface area contributed by atoms with Crippen molar-refractivity contribution in [3.8, 4) is 0 Å². The van der Waals surface area contributed by atoms with E-state index in [1.807, 2.05) is 0 Å². The first kappa shape index (κ1) is 12.4. The molecular weight excluding hydrogens is 280 g/mol. The topological polar surface area (TPSA) is 30.0 Å². The molecule has 0 spiro atoms. The van der Waals surface area contributed by atoms with Crippen LogP contribution in [0.1, 0.15) is 15.9 Å². The van der Waals surface area contributed by atoms with Crippen LogP contribution >= 0.6 is 34.8 Å². The van der Waals surface area contributed by atoms with E-state index in [1.54, 1.807) is 30.3 Å². The molecule has 0 saturated carbocycles. The smallest absolute Gasteiger partial charge is 0.197 e. The van der Waals surface area contributed by atoms with E-state index >= 15 is 0 Å². The van der Waals surface area contributed by atoms with E-state index < -0.39 is 0 Å². The Kier molecular flexibility index (Phi) is 3.67. The molecule has 0 bridgehead atoms. The summed E-state index contributed by atoms with van der Waals surface area (Å²) < 4.78 is 0. The maximum absolute atomic E-state index is 12.1. The van der Waals surface area contributed by atoms with Crippen LogP contribution in [0.25, 0.3) is 0 Å². The molecule has 0 aliphatic carbocycles. The van der Waals surface area contributed by atoms with Gasteiger partial charge < -0.3 is 0 Å². The zero-order valence-corrected chi connectivity index (χ0v) is 10.7. The molecule has 0 saturated heterocycles. The van der Waals surface area contributed by atoms with E-state index in [1.165, 1.54) is 6.20 Å². The molecule has 0 atom stereocenters. The summed E-state index contributed by atoms with van der Waals surface area (Å²) in [6.45, 7) is 0. The van der Waals surface area contributed by atoms with E-state index in [9.17, 15) is 4.79 Å². The fourth-order valence-electron chi connectivity index (χ4n) is 1.37. The van der Waals surface area contributed by atoms with Crippen LogP contribution in [-0.4, -0.2) is 10.8 Å². The molecule has 17 heavy (non-hydrogen) atoms. The van der Waals surface area contributed by atoms with Gasteiger partial charge in [-0.1, -0.05) is 40.9 Å². The Balaban J connectivity index is 2.47. The van der Waals surface area contributed by atoms with Gasteiger partial charge in [0.25, 0.3) is 0 Å². The second-order valence-corrected chi connectivity index (χ2v) is 4.50. The van der Waals surface area contributed by atoms with Gasteiger partial charge in [0, 0.05) is 11.8 Å². The zero-order valence-electron chi connectivity index (χ0n) is 8.45. The predicted molar refractivity (Wildman–Crippen MR) is 69.1 cm³/mol. The van der Waals surface area contributed by atoms with Gasteiger partial charge in [-0.15, -0.1) is 0 Å². The lowest BCUT2D eigenvalue weighted by Crippen LogP contribution is -2.03. The lowest BCUT2D eigenvalue weighted by atomic mass is 10.1. The van der Waals surface area contributed by atoms with Crippen molar-refractivity contribution in [1.82, 2.24) is 4.98 Å². The van der Waals surface area contributed by atoms with Crippen LogP contribution in [-0.2, 0) is 0 Å². The summed E-state index contributed by atoms with van der Waals surface area (Å²) in [7, 11) is 0. The van der Waals surface area contributed by atoms with Crippen molar-refractivity contribution >= 4 is 40.6 Å². The Morgan fingerprint density at radius 1 is 1.00 bits per heavy atom. The largest absolute Gasteiger partial charge is 0.288 e. The molecule has 0 unspecified atom stereocenters. The minimum atomic E-state index is -0.273. The van der Waals surface area contributed by atoms with Crippen LogP contribution in [0.5, 0.6) is 0 Å². The lowest BCUT2D eigenvalue weighted by Gasteiger charge is -2.05. The van der Waals surface area contributed by atoms with Crippen molar-refractivity contribution < 1.29 is 4.79 Å². The first-order chi connectivity index (χ1) is 8.09. The summed E-state index contributed by atoms with van der Waals surface area (Å²) in [5.74, 6) is -0.273. The Morgan fingerprint density at radius 3 is 2.18 bits per heavy atom. The number of hydrogen-bond donors (Lipinski definition) is 0. The van der Waals surface area contributed by atoms with Crippen LogP contribution in [0.4, 0.5) is 0 Å². The fourth-order valence-corrected chi connectivity index (χ4v) is 2.05. The number of carbonyl (C=O) groups is 1. The van der Waals surface area contributed by atoms with Crippen LogP contribution in [0.2, 0.25) is 15.2 Å². The number of ketones is 1. The minimum absolute atomic E-state index is 0.273. The molecule has 1 aromatic carbocycles. The molecule has 2 rings (SSSR count). The highest BCUT2D eigenvalue weighted by molar-refractivity contribution is 6.41. The molecule has 0 N–H and O–H groups in total. The fraction of sp³-hybridized carbons (Fsp3) is 0. The first-order valence-corrected chi connectivity index (χ1v) is 5.83. The highest BCUT2D eigenvalue weighted by atomic mass is 35.5. The van der Waals surface area contributed by atoms with Gasteiger partial charge in [-0.2, -0.15) is 0 Å². The van der Waals surface area contributed by atoms with Gasteiger partial charge in [-0.25, -0.2) is 4.98 Å². The number of aromatic nitrogens is 1. The zero-order chi connectivity index (χ0) is 12.4. The number of carbonyl (C=O) groups excluding carboxylic acids is 1. The number of rotatable bonds is 2. The van der Waals surface area contributed by atoms with Crippen LogP contribution in [0.15, 0.2) is 36.5 Å². The second-order valence-electron chi connectivity index (χ2n) is 3.30. The Hall–Kier alpha value is -1.09. The molecule has 0 aliphatic heterocycles. The van der Waals surface area contributed by atoms with Gasteiger partial charge in [-0.3, -0.25) is 4.79 Å². The molecule has 2 nitrogen and oxygen atoms in total. The number of halogens is 3. The van der Waals surface area contributed by atoms with E-state index in [-0.39, 0.29) is 11.3 Å². The molecule has 0 amide bonds. The molecule has 0 aliphatic rings. The average Bonchev–Trinajstić information content (AvgIpc) is 2.29. The van der Waals surface area contributed by atoms with Crippen LogP contribution in [0, 0.1) is 0 Å². The van der Waals surface area contributed by atoms with Crippen molar-refractivity contribution in [2.75, 3.05) is 0 Å². The molecular formula is C12H6Cl3NO. The van der Waals surface area contributed by atoms with Gasteiger partial charge in [-0.05, 0) is 24.3 Å². The van der Waals surface area contributed by atoms with Gasteiger partial charge in [0.15, 0.2) is 5.78 Å². The maximum atomic E-state index is 12.1. The third-order valence-corrected chi connectivity index (χ3v) is 3.03. The Morgan fingerprint density at radius 2 is 1.65 bits per heavy atom. The predicted octanol–water partition coefficient (Wildman–Crippen LogP) is 4.27. The first-order valence-electron chi connectivity index (χ1n) is 4.70. The number of pyridine rings is 1. The van der Waals surface area contributed by atoms with E-state index in [2.05, 4.69) is 4.98 Å². The van der Waals surface area contributed by atoms with Gasteiger partial charge in [0.2, 0.25) is 0 Å². The van der Waals surface area contributed by atoms with Crippen molar-refractivity contribution in [1.29, 1.82) is 0 Å². The van der Waals surface area contributed by atoms with Gasteiger partial charge in [0.1, 0.15) is 5.15 Å². The molecule has 1 aromatic heterocycles. The maximum Gasteiger partial charge on any atom is 0.197 e. The van der Waals surface area contributed by atoms with Crippen molar-refractivity contribution in [2.45, 2.75) is 0 Å². The quantitative estimate of drug-likeness (QED) is 0.609. The Bertz CT molecular complexity index is 546. The molecule has 1 heterocycles. The molecule has 0 fully saturated rings. The van der Waals surface area contributed by atoms with Crippen molar-refractivity contribution in [3.63, 3.8) is 0 Å². The third-order valence-electron chi connectivity index (χ3n) is 2.18. The van der Waals surface area contributed by atoms with E-state index in [4.69, 9.17) is 34.8 Å². The summed E-state index contributed by atoms with van der Waals surface area (Å²) >= 11 is 17.6. The Labute approximate surface area is 113 Å². The minimum Gasteiger partial charge on any atom is -0.288 e. The standard InChI is InChI=1S/C12H6Cl3NO/c13-8-2-1-3-9(14)11(8)12(17)7-4-5-10(15)16-6-7/h1-6H. The monoisotopic (exact) mass is 285 g/mol. The van der Waals surface area contributed by atoms with Crippen molar-refractivity contribution in [2.24, 2.45) is 0 Å². The normalized spacial score (nSPS) is 10.3. The summed E-state index contributed by atoms with van der Waals surface area (Å²) in [5.41, 5.74) is 0.671. The van der Waals surface area contributed by atoms with E-state index in [0.717, 1.165) is 0 Å². The van der Waals surface area contributed by atoms with Gasteiger partial charge in [0.05, 0.1) is 15.6 Å². The second kappa shape index (κ2) is 5.05. The van der Waals surface area contributed by atoms with Gasteiger partial charge >= 0.3 is 0 Å². The average molecular weight is 287 g/mol. The van der Waals surface area contributed by atoms with Crippen LogP contribution < -0.4 is 0 Å². The highest BCUT2D eigenvalue weighted by Gasteiger charge is 2.16. The molecule has 5 heteroatoms. The third kappa shape index (κ3) is 2.60.